The van der Waals surface area contributed by atoms with Gasteiger partial charge >= 0.3 is 0 Å². The van der Waals surface area contributed by atoms with Gasteiger partial charge in [-0.1, -0.05) is 22.0 Å². The van der Waals surface area contributed by atoms with E-state index in [1.807, 2.05) is 25.1 Å². The summed E-state index contributed by atoms with van der Waals surface area (Å²) < 4.78 is 26.0. The van der Waals surface area contributed by atoms with Gasteiger partial charge in [0, 0.05) is 11.0 Å². The van der Waals surface area contributed by atoms with Gasteiger partial charge in [-0.05, 0) is 37.1 Å². The van der Waals surface area contributed by atoms with Crippen LogP contribution in [0, 0.1) is 6.92 Å². The molecule has 5 heteroatoms. The number of rotatable bonds is 4. The van der Waals surface area contributed by atoms with E-state index in [-0.39, 0.29) is 5.75 Å². The molecule has 84 valence electrons. The molecular weight excluding hydrogens is 278 g/mol. The van der Waals surface area contributed by atoms with Crippen molar-refractivity contribution in [2.45, 2.75) is 20.4 Å². The van der Waals surface area contributed by atoms with E-state index in [2.05, 4.69) is 20.7 Å². The number of nitrogens with one attached hydrogen (secondary N) is 1. The summed E-state index contributed by atoms with van der Waals surface area (Å²) in [6.45, 7) is 3.94. The molecule has 0 saturated heterocycles. The second-order valence-electron chi connectivity index (χ2n) is 3.30. The maximum atomic E-state index is 11.2. The predicted molar refractivity (Wildman–Crippen MR) is 65.2 cm³/mol. The molecular formula is C10H14BrNO2S. The average molecular weight is 292 g/mol. The van der Waals surface area contributed by atoms with Crippen molar-refractivity contribution in [3.05, 3.63) is 33.8 Å². The first kappa shape index (κ1) is 12.7. The van der Waals surface area contributed by atoms with E-state index in [0.717, 1.165) is 15.6 Å². The second-order valence-corrected chi connectivity index (χ2v) is 6.31. The van der Waals surface area contributed by atoms with Gasteiger partial charge in [0.1, 0.15) is 0 Å². The molecule has 0 aromatic heterocycles. The lowest BCUT2D eigenvalue weighted by Crippen LogP contribution is -2.25. The molecule has 0 bridgehead atoms. The SMILES string of the molecule is CCS(=O)(=O)NCc1ccc(Br)cc1C. The summed E-state index contributed by atoms with van der Waals surface area (Å²) in [5, 5.41) is 0. The molecule has 0 unspecified atom stereocenters. The van der Waals surface area contributed by atoms with Crippen LogP contribution in [0.5, 0.6) is 0 Å². The molecule has 3 nitrogen and oxygen atoms in total. The number of aryl methyl sites for hydroxylation is 1. The van der Waals surface area contributed by atoms with Gasteiger partial charge in [-0.15, -0.1) is 0 Å². The summed E-state index contributed by atoms with van der Waals surface area (Å²) in [5.74, 6) is 0.114. The molecule has 0 radical (unpaired) electrons. The maximum absolute atomic E-state index is 11.2. The highest BCUT2D eigenvalue weighted by Gasteiger charge is 2.07. The van der Waals surface area contributed by atoms with E-state index >= 15 is 0 Å². The van der Waals surface area contributed by atoms with Crippen LogP contribution in [0.15, 0.2) is 22.7 Å². The Balaban J connectivity index is 2.74. The van der Waals surface area contributed by atoms with E-state index in [1.165, 1.54) is 0 Å². The molecule has 0 aliphatic carbocycles. The van der Waals surface area contributed by atoms with Gasteiger partial charge in [-0.25, -0.2) is 13.1 Å². The van der Waals surface area contributed by atoms with Crippen molar-refractivity contribution in [3.63, 3.8) is 0 Å². The first-order valence-electron chi connectivity index (χ1n) is 4.67. The van der Waals surface area contributed by atoms with Gasteiger partial charge in [0.15, 0.2) is 0 Å². The van der Waals surface area contributed by atoms with Crippen LogP contribution in [0.25, 0.3) is 0 Å². The number of sulfonamides is 1. The summed E-state index contributed by atoms with van der Waals surface area (Å²) in [4.78, 5) is 0. The Hall–Kier alpha value is -0.390. The highest BCUT2D eigenvalue weighted by molar-refractivity contribution is 9.10. The molecule has 1 N–H and O–H groups in total. The monoisotopic (exact) mass is 291 g/mol. The minimum absolute atomic E-state index is 0.114. The van der Waals surface area contributed by atoms with Crippen LogP contribution < -0.4 is 4.72 Å². The molecule has 0 aliphatic rings. The molecule has 0 aliphatic heterocycles. The molecule has 0 amide bonds. The Labute approximate surface area is 99.1 Å². The molecule has 0 saturated carbocycles. The summed E-state index contributed by atoms with van der Waals surface area (Å²) in [6.07, 6.45) is 0. The summed E-state index contributed by atoms with van der Waals surface area (Å²) in [5.41, 5.74) is 2.07. The smallest absolute Gasteiger partial charge is 0.211 e. The average Bonchev–Trinajstić information content (AvgIpc) is 2.16. The first-order chi connectivity index (χ1) is 6.94. The van der Waals surface area contributed by atoms with Crippen LogP contribution in [0.1, 0.15) is 18.1 Å². The van der Waals surface area contributed by atoms with E-state index in [4.69, 9.17) is 0 Å². The quantitative estimate of drug-likeness (QED) is 0.924. The highest BCUT2D eigenvalue weighted by atomic mass is 79.9. The fraction of sp³-hybridized carbons (Fsp3) is 0.400. The Kier molecular flexibility index (Phi) is 4.31. The molecule has 1 aromatic rings. The Morgan fingerprint density at radius 3 is 2.60 bits per heavy atom. The third kappa shape index (κ3) is 3.93. The summed E-state index contributed by atoms with van der Waals surface area (Å²) >= 11 is 3.36. The zero-order valence-corrected chi connectivity index (χ0v) is 11.2. The topological polar surface area (TPSA) is 46.2 Å². The van der Waals surface area contributed by atoms with Crippen molar-refractivity contribution in [1.82, 2.24) is 4.72 Å². The van der Waals surface area contributed by atoms with Crippen molar-refractivity contribution in [2.24, 2.45) is 0 Å². The largest absolute Gasteiger partial charge is 0.212 e. The van der Waals surface area contributed by atoms with Crippen LogP contribution in [-0.4, -0.2) is 14.2 Å². The fourth-order valence-electron chi connectivity index (χ4n) is 1.15. The third-order valence-corrected chi connectivity index (χ3v) is 4.00. The highest BCUT2D eigenvalue weighted by Crippen LogP contribution is 2.15. The van der Waals surface area contributed by atoms with Crippen molar-refractivity contribution in [2.75, 3.05) is 5.75 Å². The van der Waals surface area contributed by atoms with E-state index in [1.54, 1.807) is 6.92 Å². The minimum Gasteiger partial charge on any atom is -0.212 e. The molecule has 0 fully saturated rings. The van der Waals surface area contributed by atoms with Gasteiger partial charge in [-0.2, -0.15) is 0 Å². The van der Waals surface area contributed by atoms with Gasteiger partial charge in [0.2, 0.25) is 10.0 Å². The number of halogens is 1. The molecule has 15 heavy (non-hydrogen) atoms. The third-order valence-electron chi connectivity index (χ3n) is 2.17. The summed E-state index contributed by atoms with van der Waals surface area (Å²) in [7, 11) is -3.11. The van der Waals surface area contributed by atoms with Gasteiger partial charge in [0.05, 0.1) is 5.75 Å². The van der Waals surface area contributed by atoms with Crippen LogP contribution in [-0.2, 0) is 16.6 Å². The van der Waals surface area contributed by atoms with Crippen molar-refractivity contribution in [1.29, 1.82) is 0 Å². The maximum Gasteiger partial charge on any atom is 0.211 e. The number of hydrogen-bond donors (Lipinski definition) is 1. The first-order valence-corrected chi connectivity index (χ1v) is 7.11. The van der Waals surface area contributed by atoms with Crippen LogP contribution in [0.4, 0.5) is 0 Å². The van der Waals surface area contributed by atoms with Gasteiger partial charge < -0.3 is 0 Å². The van der Waals surface area contributed by atoms with Gasteiger partial charge in [-0.3, -0.25) is 0 Å². The van der Waals surface area contributed by atoms with E-state index in [0.29, 0.717) is 6.54 Å². The normalized spacial score (nSPS) is 11.7. The number of hydrogen-bond acceptors (Lipinski definition) is 2. The lowest BCUT2D eigenvalue weighted by atomic mass is 10.1. The van der Waals surface area contributed by atoms with Crippen molar-refractivity contribution >= 4 is 26.0 Å². The Morgan fingerprint density at radius 1 is 1.40 bits per heavy atom. The van der Waals surface area contributed by atoms with Gasteiger partial charge in [0.25, 0.3) is 0 Å². The number of benzene rings is 1. The molecule has 1 rings (SSSR count). The Morgan fingerprint density at radius 2 is 2.07 bits per heavy atom. The lowest BCUT2D eigenvalue weighted by molar-refractivity contribution is 0.582. The molecule has 1 aromatic carbocycles. The van der Waals surface area contributed by atoms with Crippen molar-refractivity contribution in [3.8, 4) is 0 Å². The van der Waals surface area contributed by atoms with E-state index < -0.39 is 10.0 Å². The molecule has 0 spiro atoms. The Bertz CT molecular complexity index is 443. The zero-order valence-electron chi connectivity index (χ0n) is 8.75. The van der Waals surface area contributed by atoms with E-state index in [9.17, 15) is 8.42 Å². The van der Waals surface area contributed by atoms with Crippen LogP contribution in [0.3, 0.4) is 0 Å². The molecule has 0 atom stereocenters. The zero-order chi connectivity index (χ0) is 11.5. The van der Waals surface area contributed by atoms with Crippen LogP contribution in [0.2, 0.25) is 0 Å². The van der Waals surface area contributed by atoms with Crippen molar-refractivity contribution < 1.29 is 8.42 Å². The second kappa shape index (κ2) is 5.09. The standard InChI is InChI=1S/C10H14BrNO2S/c1-3-15(13,14)12-7-9-4-5-10(11)6-8(9)2/h4-6,12H,3,7H2,1-2H3. The fourth-order valence-corrected chi connectivity index (χ4v) is 2.20. The molecule has 0 heterocycles. The summed E-state index contributed by atoms with van der Waals surface area (Å²) in [6, 6.07) is 5.79. The minimum atomic E-state index is -3.11. The van der Waals surface area contributed by atoms with Crippen LogP contribution >= 0.6 is 15.9 Å². The lowest BCUT2D eigenvalue weighted by Gasteiger charge is -2.07. The predicted octanol–water partition coefficient (Wildman–Crippen LogP) is 2.20.